The largest absolute Gasteiger partial charge is 0.333 e. The van der Waals surface area contributed by atoms with Crippen LogP contribution in [-0.4, -0.2) is 26.9 Å². The third-order valence-electron chi connectivity index (χ3n) is 5.97. The highest BCUT2D eigenvalue weighted by Crippen LogP contribution is 2.25. The summed E-state index contributed by atoms with van der Waals surface area (Å²) in [4.78, 5) is 33.6. The molecule has 1 heterocycles. The number of fused-ring (bicyclic) bond motifs is 1. The zero-order chi connectivity index (χ0) is 23.1. The summed E-state index contributed by atoms with van der Waals surface area (Å²) in [7, 11) is 0. The third kappa shape index (κ3) is 5.26. The van der Waals surface area contributed by atoms with Gasteiger partial charge in [0.15, 0.2) is 0 Å². The maximum Gasteiger partial charge on any atom is 0.266 e. The van der Waals surface area contributed by atoms with Gasteiger partial charge in [0.1, 0.15) is 5.82 Å². The van der Waals surface area contributed by atoms with Crippen molar-refractivity contribution in [2.75, 3.05) is 6.54 Å². The predicted octanol–water partition coefficient (Wildman–Crippen LogP) is 5.96. The molecule has 0 aliphatic rings. The molecule has 0 saturated heterocycles. The van der Waals surface area contributed by atoms with E-state index in [1.165, 1.54) is 0 Å². The molecule has 0 N–H and O–H groups in total. The molecule has 0 fully saturated rings. The standard InChI is InChI=1S/C27H35N3O2/c1-5-7-9-17-25(31)29(18-8-6-2)21(4)26-28-24-16-11-10-15-23(24)27(32)30(26)22-14-12-13-20(3)19-22/h10-16,19,21H,5-9,17-18H2,1-4H3/t21-/m1/s1. The molecule has 3 rings (SSSR count). The van der Waals surface area contributed by atoms with Crippen molar-refractivity contribution in [1.82, 2.24) is 14.5 Å². The van der Waals surface area contributed by atoms with E-state index in [1.54, 1.807) is 4.57 Å². The second kappa shape index (κ2) is 11.1. The molecular weight excluding hydrogens is 398 g/mol. The van der Waals surface area contributed by atoms with Crippen LogP contribution < -0.4 is 5.56 Å². The molecule has 3 aromatic rings. The summed E-state index contributed by atoms with van der Waals surface area (Å²) in [6.07, 6.45) is 5.47. The van der Waals surface area contributed by atoms with Crippen molar-refractivity contribution in [2.24, 2.45) is 0 Å². The van der Waals surface area contributed by atoms with Crippen molar-refractivity contribution in [3.8, 4) is 5.69 Å². The Hall–Kier alpha value is -2.95. The highest BCUT2D eigenvalue weighted by molar-refractivity contribution is 5.79. The Bertz CT molecular complexity index is 1120. The normalized spacial score (nSPS) is 12.1. The number of aryl methyl sites for hydroxylation is 1. The first-order chi connectivity index (χ1) is 15.5. The molecule has 5 heteroatoms. The summed E-state index contributed by atoms with van der Waals surface area (Å²) < 4.78 is 1.69. The Morgan fingerprint density at radius 1 is 1.03 bits per heavy atom. The number of para-hydroxylation sites is 1. The lowest BCUT2D eigenvalue weighted by atomic mass is 10.1. The van der Waals surface area contributed by atoms with E-state index in [-0.39, 0.29) is 17.5 Å². The zero-order valence-electron chi connectivity index (χ0n) is 19.8. The van der Waals surface area contributed by atoms with Crippen molar-refractivity contribution in [1.29, 1.82) is 0 Å². The fourth-order valence-electron chi connectivity index (χ4n) is 4.12. The van der Waals surface area contributed by atoms with Crippen LogP contribution in [0.15, 0.2) is 53.3 Å². The molecule has 1 atom stereocenters. The van der Waals surface area contributed by atoms with Gasteiger partial charge in [-0.05, 0) is 56.5 Å². The number of hydrogen-bond acceptors (Lipinski definition) is 3. The SMILES string of the molecule is CCCCCC(=O)N(CCCC)[C@H](C)c1nc2ccccc2c(=O)n1-c1cccc(C)c1. The fourth-order valence-corrected chi connectivity index (χ4v) is 4.12. The summed E-state index contributed by atoms with van der Waals surface area (Å²) in [6.45, 7) is 8.94. The summed E-state index contributed by atoms with van der Waals surface area (Å²) in [5.41, 5.74) is 2.41. The topological polar surface area (TPSA) is 55.2 Å². The minimum Gasteiger partial charge on any atom is -0.333 e. The summed E-state index contributed by atoms with van der Waals surface area (Å²) in [6, 6.07) is 15.0. The lowest BCUT2D eigenvalue weighted by Gasteiger charge is -2.31. The lowest BCUT2D eigenvalue weighted by molar-refractivity contribution is -0.133. The van der Waals surface area contributed by atoms with Crippen LogP contribution in [0.4, 0.5) is 0 Å². The van der Waals surface area contributed by atoms with Gasteiger partial charge in [-0.2, -0.15) is 0 Å². The molecule has 0 aliphatic heterocycles. The molecule has 0 saturated carbocycles. The van der Waals surface area contributed by atoms with Crippen molar-refractivity contribution >= 4 is 16.8 Å². The van der Waals surface area contributed by atoms with E-state index >= 15 is 0 Å². The van der Waals surface area contributed by atoms with E-state index in [1.807, 2.05) is 67.3 Å². The average Bonchev–Trinajstić information content (AvgIpc) is 2.79. The number of nitrogens with zero attached hydrogens (tertiary/aromatic N) is 3. The molecule has 0 spiro atoms. The molecule has 0 aliphatic carbocycles. The molecule has 170 valence electrons. The number of aromatic nitrogens is 2. The first-order valence-corrected chi connectivity index (χ1v) is 11.9. The van der Waals surface area contributed by atoms with Gasteiger partial charge >= 0.3 is 0 Å². The number of benzene rings is 2. The van der Waals surface area contributed by atoms with E-state index in [0.717, 1.165) is 43.4 Å². The van der Waals surface area contributed by atoms with Crippen LogP contribution >= 0.6 is 0 Å². The van der Waals surface area contributed by atoms with Gasteiger partial charge in [0, 0.05) is 13.0 Å². The second-order valence-electron chi connectivity index (χ2n) is 8.54. The van der Waals surface area contributed by atoms with Crippen LogP contribution in [0.2, 0.25) is 0 Å². The third-order valence-corrected chi connectivity index (χ3v) is 5.97. The fraction of sp³-hybridized carbons (Fsp3) is 0.444. The molecular formula is C27H35N3O2. The van der Waals surface area contributed by atoms with E-state index < -0.39 is 0 Å². The number of unbranched alkanes of at least 4 members (excludes halogenated alkanes) is 3. The smallest absolute Gasteiger partial charge is 0.266 e. The second-order valence-corrected chi connectivity index (χ2v) is 8.54. The quantitative estimate of drug-likeness (QED) is 0.370. The molecule has 0 bridgehead atoms. The molecule has 32 heavy (non-hydrogen) atoms. The number of carbonyl (C=O) groups is 1. The Morgan fingerprint density at radius 3 is 2.50 bits per heavy atom. The molecule has 1 aromatic heterocycles. The van der Waals surface area contributed by atoms with Gasteiger partial charge in [0.05, 0.1) is 22.6 Å². The van der Waals surface area contributed by atoms with E-state index in [2.05, 4.69) is 13.8 Å². The van der Waals surface area contributed by atoms with Gasteiger partial charge in [0.2, 0.25) is 5.91 Å². The van der Waals surface area contributed by atoms with Crippen molar-refractivity contribution < 1.29 is 4.79 Å². The van der Waals surface area contributed by atoms with Crippen LogP contribution in [0.25, 0.3) is 16.6 Å². The van der Waals surface area contributed by atoms with Crippen LogP contribution in [0, 0.1) is 6.92 Å². The van der Waals surface area contributed by atoms with Gasteiger partial charge in [0.25, 0.3) is 5.56 Å². The number of rotatable bonds is 10. The van der Waals surface area contributed by atoms with Crippen LogP contribution in [0.5, 0.6) is 0 Å². The lowest BCUT2D eigenvalue weighted by Crippen LogP contribution is -2.38. The maximum absolute atomic E-state index is 13.6. The number of amides is 1. The van der Waals surface area contributed by atoms with E-state index in [4.69, 9.17) is 4.98 Å². The van der Waals surface area contributed by atoms with Gasteiger partial charge in [-0.25, -0.2) is 4.98 Å². The summed E-state index contributed by atoms with van der Waals surface area (Å²) in [5.74, 6) is 0.747. The van der Waals surface area contributed by atoms with Gasteiger partial charge in [-0.15, -0.1) is 0 Å². The maximum atomic E-state index is 13.6. The van der Waals surface area contributed by atoms with Crippen molar-refractivity contribution in [3.05, 3.63) is 70.3 Å². The number of hydrogen-bond donors (Lipinski definition) is 0. The summed E-state index contributed by atoms with van der Waals surface area (Å²) in [5, 5.41) is 0.583. The van der Waals surface area contributed by atoms with Crippen LogP contribution in [-0.2, 0) is 4.79 Å². The highest BCUT2D eigenvalue weighted by atomic mass is 16.2. The van der Waals surface area contributed by atoms with E-state index in [9.17, 15) is 9.59 Å². The molecule has 0 unspecified atom stereocenters. The first-order valence-electron chi connectivity index (χ1n) is 11.9. The van der Waals surface area contributed by atoms with Crippen LogP contribution in [0.3, 0.4) is 0 Å². The molecule has 0 radical (unpaired) electrons. The van der Waals surface area contributed by atoms with Crippen molar-refractivity contribution in [2.45, 2.75) is 72.3 Å². The van der Waals surface area contributed by atoms with Gasteiger partial charge < -0.3 is 4.90 Å². The highest BCUT2D eigenvalue weighted by Gasteiger charge is 2.26. The Labute approximate surface area is 191 Å². The number of carbonyl (C=O) groups excluding carboxylic acids is 1. The minimum atomic E-state index is -0.312. The first kappa shape index (κ1) is 23.7. The monoisotopic (exact) mass is 433 g/mol. The minimum absolute atomic E-state index is 0.100. The average molecular weight is 434 g/mol. The van der Waals surface area contributed by atoms with Gasteiger partial charge in [-0.3, -0.25) is 14.2 Å². The van der Waals surface area contributed by atoms with Gasteiger partial charge in [-0.1, -0.05) is 57.4 Å². The Morgan fingerprint density at radius 2 is 1.78 bits per heavy atom. The Balaban J connectivity index is 2.14. The van der Waals surface area contributed by atoms with Crippen LogP contribution in [0.1, 0.15) is 76.7 Å². The molecule has 1 amide bonds. The predicted molar refractivity (Wildman–Crippen MR) is 131 cm³/mol. The van der Waals surface area contributed by atoms with Crippen molar-refractivity contribution in [3.63, 3.8) is 0 Å². The Kier molecular flexibility index (Phi) is 8.20. The summed E-state index contributed by atoms with van der Waals surface area (Å²) >= 11 is 0. The molecule has 5 nitrogen and oxygen atoms in total. The zero-order valence-corrected chi connectivity index (χ0v) is 19.8. The molecule has 2 aromatic carbocycles. The van der Waals surface area contributed by atoms with E-state index in [0.29, 0.717) is 29.7 Å².